The van der Waals surface area contributed by atoms with E-state index in [4.69, 9.17) is 24.4 Å². The molecule has 8 heteroatoms. The fourth-order valence-corrected chi connectivity index (χ4v) is 0.625. The van der Waals surface area contributed by atoms with Crippen LogP contribution in [0.5, 0.6) is 5.75 Å². The minimum atomic E-state index is -4.64. The number of para-hydroxylation sites is 1. The Hall–Kier alpha value is -0.170. The number of phosphoric acid groups is 1. The van der Waals surface area contributed by atoms with Crippen molar-refractivity contribution in [3.8, 4) is 5.75 Å². The van der Waals surface area contributed by atoms with Crippen LogP contribution in [0.25, 0.3) is 0 Å². The number of hydrogen-bond donors (Lipinski definition) is 6. The van der Waals surface area contributed by atoms with Crippen molar-refractivity contribution in [3.63, 3.8) is 0 Å². The lowest BCUT2D eigenvalue weighted by Crippen LogP contribution is -1.66. The van der Waals surface area contributed by atoms with Gasteiger partial charge in [0.05, 0.1) is 0 Å². The van der Waals surface area contributed by atoms with Gasteiger partial charge in [-0.15, -0.1) is 12.6 Å². The Balaban J connectivity index is 0. The summed E-state index contributed by atoms with van der Waals surface area (Å²) in [5, 5.41) is 8.84. The van der Waals surface area contributed by atoms with Crippen LogP contribution in [0.3, 0.4) is 0 Å². The maximum atomic E-state index is 8.88. The fourth-order valence-electron chi connectivity index (χ4n) is 0.464. The standard InChI is InChI=1S/C6H6OS.C2H6S.H3O4P/c7-5-3-1-2-4-6(5)8;1-2-3;1-5(2,3)4/h1-4,7-8H;3H,2H2,1H3;(H3,1,2,3,4). The summed E-state index contributed by atoms with van der Waals surface area (Å²) in [6, 6.07) is 6.91. The van der Waals surface area contributed by atoms with E-state index in [1.807, 2.05) is 13.0 Å². The molecular weight excluding hydrogens is 271 g/mol. The maximum Gasteiger partial charge on any atom is 0.466 e. The molecule has 0 spiro atoms. The minimum absolute atomic E-state index is 0.232. The molecule has 0 aliphatic rings. The quantitative estimate of drug-likeness (QED) is 0.322. The number of rotatable bonds is 0. The van der Waals surface area contributed by atoms with Crippen molar-refractivity contribution in [2.45, 2.75) is 11.8 Å². The summed E-state index contributed by atoms with van der Waals surface area (Å²) >= 11 is 7.74. The molecule has 0 aliphatic heterocycles. The topological polar surface area (TPSA) is 98.0 Å². The van der Waals surface area contributed by atoms with E-state index in [1.165, 1.54) is 0 Å². The lowest BCUT2D eigenvalue weighted by atomic mass is 10.3. The molecule has 0 aliphatic carbocycles. The normalized spacial score (nSPS) is 9.38. The van der Waals surface area contributed by atoms with Gasteiger partial charge >= 0.3 is 7.82 Å². The van der Waals surface area contributed by atoms with E-state index in [-0.39, 0.29) is 5.75 Å². The summed E-state index contributed by atoms with van der Waals surface area (Å²) in [7, 11) is -4.64. The molecule has 0 heterocycles. The molecule has 0 unspecified atom stereocenters. The van der Waals surface area contributed by atoms with Gasteiger partial charge in [0.1, 0.15) is 5.75 Å². The predicted octanol–water partition coefficient (Wildman–Crippen LogP) is 1.69. The van der Waals surface area contributed by atoms with Crippen LogP contribution in [0, 0.1) is 0 Å². The molecule has 0 radical (unpaired) electrons. The first-order valence-corrected chi connectivity index (χ1v) is 6.73. The van der Waals surface area contributed by atoms with Crippen molar-refractivity contribution in [1.29, 1.82) is 0 Å². The smallest absolute Gasteiger partial charge is 0.466 e. The second-order valence-electron chi connectivity index (χ2n) is 2.32. The molecule has 94 valence electrons. The number of thiol groups is 2. The third-order valence-corrected chi connectivity index (χ3v) is 1.26. The number of hydrogen-bond acceptors (Lipinski definition) is 4. The van der Waals surface area contributed by atoms with Crippen molar-refractivity contribution in [1.82, 2.24) is 0 Å². The molecule has 0 atom stereocenters. The van der Waals surface area contributed by atoms with Gasteiger partial charge in [-0.3, -0.25) is 0 Å². The zero-order chi connectivity index (χ0) is 13.2. The fraction of sp³-hybridized carbons (Fsp3) is 0.250. The highest BCUT2D eigenvalue weighted by molar-refractivity contribution is 7.80. The van der Waals surface area contributed by atoms with E-state index >= 15 is 0 Å². The van der Waals surface area contributed by atoms with Crippen LogP contribution < -0.4 is 0 Å². The Morgan fingerprint density at radius 1 is 1.25 bits per heavy atom. The summed E-state index contributed by atoms with van der Waals surface area (Å²) in [5.41, 5.74) is 0. The van der Waals surface area contributed by atoms with Gasteiger partial charge in [0.25, 0.3) is 0 Å². The Bertz CT molecular complexity index is 299. The molecule has 1 rings (SSSR count). The highest BCUT2D eigenvalue weighted by atomic mass is 32.1. The number of phenols is 1. The van der Waals surface area contributed by atoms with Gasteiger partial charge in [-0.05, 0) is 17.9 Å². The number of aromatic hydroxyl groups is 1. The Morgan fingerprint density at radius 3 is 1.75 bits per heavy atom. The van der Waals surface area contributed by atoms with Crippen molar-refractivity contribution < 1.29 is 24.4 Å². The molecule has 0 saturated carbocycles. The second-order valence-corrected chi connectivity index (χ2v) is 4.46. The summed E-state index contributed by atoms with van der Waals surface area (Å²) < 4.78 is 8.88. The van der Waals surface area contributed by atoms with Crippen molar-refractivity contribution in [3.05, 3.63) is 24.3 Å². The van der Waals surface area contributed by atoms with Gasteiger partial charge in [-0.25, -0.2) is 4.57 Å². The van der Waals surface area contributed by atoms with Crippen LogP contribution in [0.1, 0.15) is 6.92 Å². The monoisotopic (exact) mass is 286 g/mol. The molecule has 0 aromatic heterocycles. The molecular formula is C8H15O5PS2. The largest absolute Gasteiger partial charge is 0.507 e. The molecule has 4 N–H and O–H groups in total. The molecule has 5 nitrogen and oxygen atoms in total. The third kappa shape index (κ3) is 19.4. The molecule has 0 amide bonds. The van der Waals surface area contributed by atoms with Crippen LogP contribution in [0.15, 0.2) is 29.2 Å². The van der Waals surface area contributed by atoms with E-state index in [1.54, 1.807) is 18.2 Å². The SMILES string of the molecule is CCS.O=P(O)(O)O.Oc1ccccc1S. The van der Waals surface area contributed by atoms with Gasteiger partial charge in [0.15, 0.2) is 0 Å². The Kier molecular flexibility index (Phi) is 11.4. The predicted molar refractivity (Wildman–Crippen MR) is 69.1 cm³/mol. The second kappa shape index (κ2) is 10.0. The zero-order valence-electron chi connectivity index (χ0n) is 8.56. The minimum Gasteiger partial charge on any atom is -0.507 e. The number of phenolic OH excluding ortho intramolecular Hbond substituents is 1. The average molecular weight is 286 g/mol. The Labute approximate surface area is 105 Å². The lowest BCUT2D eigenvalue weighted by Gasteiger charge is -1.91. The first kappa shape index (κ1) is 18.2. The molecule has 0 saturated heterocycles. The van der Waals surface area contributed by atoms with E-state index in [0.717, 1.165) is 5.75 Å². The summed E-state index contributed by atoms with van der Waals surface area (Å²) in [6.45, 7) is 1.99. The van der Waals surface area contributed by atoms with Gasteiger partial charge < -0.3 is 19.8 Å². The molecule has 16 heavy (non-hydrogen) atoms. The molecule has 1 aromatic rings. The molecule has 1 aromatic carbocycles. The van der Waals surface area contributed by atoms with Crippen LogP contribution in [0.4, 0.5) is 0 Å². The first-order valence-electron chi connectivity index (χ1n) is 4.08. The van der Waals surface area contributed by atoms with Crippen LogP contribution in [-0.2, 0) is 4.57 Å². The van der Waals surface area contributed by atoms with Crippen LogP contribution in [0.2, 0.25) is 0 Å². The summed E-state index contributed by atoms with van der Waals surface area (Å²) in [5.74, 6) is 1.18. The highest BCUT2D eigenvalue weighted by Gasteiger charge is 2.00. The van der Waals surface area contributed by atoms with Crippen LogP contribution in [-0.4, -0.2) is 25.5 Å². The van der Waals surface area contributed by atoms with E-state index < -0.39 is 7.82 Å². The lowest BCUT2D eigenvalue weighted by molar-refractivity contribution is 0.275. The highest BCUT2D eigenvalue weighted by Crippen LogP contribution is 2.25. The molecule has 0 fully saturated rings. The molecule has 0 bridgehead atoms. The van der Waals surface area contributed by atoms with Gasteiger partial charge in [0, 0.05) is 4.90 Å². The van der Waals surface area contributed by atoms with E-state index in [2.05, 4.69) is 25.3 Å². The summed E-state index contributed by atoms with van der Waals surface area (Å²) in [4.78, 5) is 22.2. The zero-order valence-corrected chi connectivity index (χ0v) is 11.2. The van der Waals surface area contributed by atoms with Crippen LogP contribution >= 0.6 is 33.1 Å². The van der Waals surface area contributed by atoms with Crippen molar-refractivity contribution >= 4 is 33.1 Å². The van der Waals surface area contributed by atoms with Crippen molar-refractivity contribution in [2.75, 3.05) is 5.75 Å². The van der Waals surface area contributed by atoms with E-state index in [9.17, 15) is 0 Å². The average Bonchev–Trinajstić information content (AvgIpc) is 2.08. The maximum absolute atomic E-state index is 8.88. The van der Waals surface area contributed by atoms with Crippen molar-refractivity contribution in [2.24, 2.45) is 0 Å². The van der Waals surface area contributed by atoms with E-state index in [0.29, 0.717) is 4.90 Å². The Morgan fingerprint density at radius 2 is 1.56 bits per heavy atom. The summed E-state index contributed by atoms with van der Waals surface area (Å²) in [6.07, 6.45) is 0. The van der Waals surface area contributed by atoms with Gasteiger partial charge in [-0.1, -0.05) is 19.1 Å². The first-order chi connectivity index (χ1) is 7.22. The third-order valence-electron chi connectivity index (χ3n) is 0.882. The van der Waals surface area contributed by atoms with Gasteiger partial charge in [0.2, 0.25) is 0 Å². The number of benzene rings is 1. The van der Waals surface area contributed by atoms with Gasteiger partial charge in [-0.2, -0.15) is 12.6 Å².